The maximum Gasteiger partial charge on any atom is 0.446 e. The third-order valence-corrected chi connectivity index (χ3v) is 6.03. The van der Waals surface area contributed by atoms with Crippen molar-refractivity contribution in [3.05, 3.63) is 30.1 Å². The number of halogens is 3. The van der Waals surface area contributed by atoms with Gasteiger partial charge in [0.15, 0.2) is 0 Å². The van der Waals surface area contributed by atoms with E-state index in [0.717, 1.165) is 23.3 Å². The number of β-lactam (4-membered cyclic amide) rings is 1. The van der Waals surface area contributed by atoms with Gasteiger partial charge in [0.05, 0.1) is 5.92 Å². The maximum absolute atomic E-state index is 12.6. The van der Waals surface area contributed by atoms with Crippen molar-refractivity contribution in [3.8, 4) is 0 Å². The van der Waals surface area contributed by atoms with Crippen molar-refractivity contribution in [1.82, 2.24) is 9.88 Å². The summed E-state index contributed by atoms with van der Waals surface area (Å²) in [5, 5.41) is 9.54. The largest absolute Gasteiger partial charge is 0.480 e. The van der Waals surface area contributed by atoms with Gasteiger partial charge in [-0.15, -0.1) is 0 Å². The number of likely N-dealkylation sites (tertiary alicyclic amines) is 1. The number of aldehydes is 1. The SMILES string of the molecule is C[C@@H](CC(=O)N1C(=O)[C@H](Cc2ccncc2)[C@H]1C(=O)O)C1CCCCC1.O=CC(F)(F)F. The van der Waals surface area contributed by atoms with Crippen LogP contribution in [-0.4, -0.2) is 51.3 Å². The third kappa shape index (κ3) is 6.86. The van der Waals surface area contributed by atoms with Crippen LogP contribution in [0.1, 0.15) is 51.0 Å². The molecular formula is C22H27F3N2O5. The van der Waals surface area contributed by atoms with Crippen LogP contribution in [0.15, 0.2) is 24.5 Å². The lowest BCUT2D eigenvalue weighted by atomic mass is 9.78. The van der Waals surface area contributed by atoms with E-state index in [9.17, 15) is 32.7 Å². The van der Waals surface area contributed by atoms with Crippen LogP contribution in [0, 0.1) is 17.8 Å². The zero-order chi connectivity index (χ0) is 23.9. The molecule has 0 radical (unpaired) electrons. The number of carbonyl (C=O) groups is 4. The van der Waals surface area contributed by atoms with Crippen molar-refractivity contribution in [1.29, 1.82) is 0 Å². The summed E-state index contributed by atoms with van der Waals surface area (Å²) in [4.78, 5) is 50.4. The summed E-state index contributed by atoms with van der Waals surface area (Å²) in [6.07, 6.45) is 3.97. The van der Waals surface area contributed by atoms with Gasteiger partial charge in [-0.1, -0.05) is 39.0 Å². The average molecular weight is 456 g/mol. The number of pyridine rings is 1. The van der Waals surface area contributed by atoms with Crippen LogP contribution in [0.25, 0.3) is 0 Å². The zero-order valence-electron chi connectivity index (χ0n) is 17.8. The molecule has 7 nitrogen and oxygen atoms in total. The summed E-state index contributed by atoms with van der Waals surface area (Å²) < 4.78 is 31.2. The molecule has 2 aliphatic rings. The van der Waals surface area contributed by atoms with E-state index in [2.05, 4.69) is 4.98 Å². The van der Waals surface area contributed by atoms with E-state index >= 15 is 0 Å². The smallest absolute Gasteiger partial charge is 0.446 e. The zero-order valence-corrected chi connectivity index (χ0v) is 17.8. The molecule has 176 valence electrons. The molecule has 1 aliphatic heterocycles. The fraction of sp³-hybridized carbons (Fsp3) is 0.591. The Morgan fingerprint density at radius 3 is 2.28 bits per heavy atom. The molecule has 1 saturated heterocycles. The molecule has 0 aromatic carbocycles. The van der Waals surface area contributed by atoms with E-state index in [1.54, 1.807) is 24.5 Å². The minimum absolute atomic E-state index is 0.185. The van der Waals surface area contributed by atoms with E-state index in [0.29, 0.717) is 12.3 Å². The molecule has 1 N–H and O–H groups in total. The summed E-state index contributed by atoms with van der Waals surface area (Å²) >= 11 is 0. The summed E-state index contributed by atoms with van der Waals surface area (Å²) in [6.45, 7) is 2.04. The second kappa shape index (κ2) is 11.2. The fourth-order valence-electron chi connectivity index (χ4n) is 4.32. The standard InChI is InChI=1S/C20H26N2O4.C2HF3O/c1-13(15-5-3-2-4-6-15)11-17(23)22-18(20(25)26)16(19(22)24)12-14-7-9-21-10-8-14;3-2(4,5)1-6/h7-10,13,15-16,18H,2-6,11-12H2,1H3,(H,25,26);1H/t13-,16+,18-;/m0./s1. The molecule has 0 bridgehead atoms. The quantitative estimate of drug-likeness (QED) is 0.520. The van der Waals surface area contributed by atoms with Crippen molar-refractivity contribution in [2.75, 3.05) is 0 Å². The van der Waals surface area contributed by atoms with Gasteiger partial charge in [0, 0.05) is 18.8 Å². The first-order valence-electron chi connectivity index (χ1n) is 10.6. The van der Waals surface area contributed by atoms with Crippen LogP contribution < -0.4 is 0 Å². The lowest BCUT2D eigenvalue weighted by Gasteiger charge is -2.43. The summed E-state index contributed by atoms with van der Waals surface area (Å²) in [5.74, 6) is -1.81. The molecule has 32 heavy (non-hydrogen) atoms. The van der Waals surface area contributed by atoms with Crippen LogP contribution in [0.2, 0.25) is 0 Å². The Morgan fingerprint density at radius 2 is 1.78 bits per heavy atom. The first kappa shape index (κ1) is 25.5. The average Bonchev–Trinajstić information content (AvgIpc) is 2.76. The molecule has 2 fully saturated rings. The Labute approximate surface area is 184 Å². The van der Waals surface area contributed by atoms with Gasteiger partial charge in [-0.2, -0.15) is 13.2 Å². The molecule has 0 unspecified atom stereocenters. The highest BCUT2D eigenvalue weighted by Crippen LogP contribution is 2.35. The van der Waals surface area contributed by atoms with Crippen LogP contribution in [-0.2, 0) is 25.6 Å². The number of rotatable bonds is 6. The van der Waals surface area contributed by atoms with E-state index in [1.165, 1.54) is 19.3 Å². The Morgan fingerprint density at radius 1 is 1.22 bits per heavy atom. The van der Waals surface area contributed by atoms with Gasteiger partial charge in [-0.05, 0) is 36.0 Å². The summed E-state index contributed by atoms with van der Waals surface area (Å²) in [6, 6.07) is 2.48. The summed E-state index contributed by atoms with van der Waals surface area (Å²) in [5.41, 5.74) is 0.854. The molecule has 10 heteroatoms. The highest BCUT2D eigenvalue weighted by Gasteiger charge is 2.54. The van der Waals surface area contributed by atoms with Crippen LogP contribution in [0.5, 0.6) is 0 Å². The van der Waals surface area contributed by atoms with Gasteiger partial charge in [0.25, 0.3) is 0 Å². The van der Waals surface area contributed by atoms with Crippen LogP contribution >= 0.6 is 0 Å². The first-order chi connectivity index (χ1) is 15.0. The first-order valence-corrected chi connectivity index (χ1v) is 10.6. The topological polar surface area (TPSA) is 105 Å². The lowest BCUT2D eigenvalue weighted by Crippen LogP contribution is -2.67. The summed E-state index contributed by atoms with van der Waals surface area (Å²) in [7, 11) is 0. The van der Waals surface area contributed by atoms with Gasteiger partial charge >= 0.3 is 12.1 Å². The van der Waals surface area contributed by atoms with Crippen molar-refractivity contribution >= 4 is 24.1 Å². The number of hydrogen-bond donors (Lipinski definition) is 1. The highest BCUT2D eigenvalue weighted by atomic mass is 19.4. The number of aromatic nitrogens is 1. The number of carboxylic acid groups (broad SMARTS) is 1. The molecule has 1 aromatic rings. The van der Waals surface area contributed by atoms with E-state index < -0.39 is 30.4 Å². The highest BCUT2D eigenvalue weighted by molar-refractivity contribution is 6.08. The van der Waals surface area contributed by atoms with E-state index in [1.807, 2.05) is 6.92 Å². The predicted octanol–water partition coefficient (Wildman–Crippen LogP) is 3.42. The number of carboxylic acids is 1. The molecular weight excluding hydrogens is 429 g/mol. The number of alkyl halides is 3. The molecule has 2 amide bonds. The molecule has 3 atom stereocenters. The Hall–Kier alpha value is -2.78. The van der Waals surface area contributed by atoms with Crippen molar-refractivity contribution in [3.63, 3.8) is 0 Å². The Bertz CT molecular complexity index is 810. The second-order valence-corrected chi connectivity index (χ2v) is 8.29. The van der Waals surface area contributed by atoms with Crippen molar-refractivity contribution in [2.24, 2.45) is 17.8 Å². The Balaban J connectivity index is 0.000000534. The number of hydrogen-bond acceptors (Lipinski definition) is 5. The monoisotopic (exact) mass is 456 g/mol. The molecule has 1 saturated carbocycles. The van der Waals surface area contributed by atoms with Crippen molar-refractivity contribution in [2.45, 2.75) is 64.1 Å². The number of carbonyl (C=O) groups excluding carboxylic acids is 3. The predicted molar refractivity (Wildman–Crippen MR) is 107 cm³/mol. The molecule has 2 heterocycles. The minimum Gasteiger partial charge on any atom is -0.480 e. The molecule has 0 spiro atoms. The number of nitrogens with zero attached hydrogens (tertiary/aromatic N) is 2. The van der Waals surface area contributed by atoms with E-state index in [4.69, 9.17) is 4.79 Å². The van der Waals surface area contributed by atoms with Crippen molar-refractivity contribution < 1.29 is 37.5 Å². The number of amides is 2. The van der Waals surface area contributed by atoms with Gasteiger partial charge in [-0.25, -0.2) is 4.79 Å². The molecule has 1 aliphatic carbocycles. The minimum atomic E-state index is -4.64. The van der Waals surface area contributed by atoms with E-state index in [-0.39, 0.29) is 24.2 Å². The Kier molecular flexibility index (Phi) is 8.91. The van der Waals surface area contributed by atoms with Crippen LogP contribution in [0.3, 0.4) is 0 Å². The molecule has 3 rings (SSSR count). The van der Waals surface area contributed by atoms with Crippen LogP contribution in [0.4, 0.5) is 13.2 Å². The van der Waals surface area contributed by atoms with Gasteiger partial charge in [-0.3, -0.25) is 24.3 Å². The number of aliphatic carboxylic acids is 1. The normalized spacial score (nSPS) is 22.2. The van der Waals surface area contributed by atoms with Gasteiger partial charge in [0.2, 0.25) is 18.1 Å². The third-order valence-electron chi connectivity index (χ3n) is 6.03. The second-order valence-electron chi connectivity index (χ2n) is 8.29. The maximum atomic E-state index is 12.6. The fourth-order valence-corrected chi connectivity index (χ4v) is 4.32. The lowest BCUT2D eigenvalue weighted by molar-refractivity contribution is -0.177. The molecule has 1 aromatic heterocycles. The number of imide groups is 1. The van der Waals surface area contributed by atoms with Gasteiger partial charge in [0.1, 0.15) is 6.04 Å². The van der Waals surface area contributed by atoms with Gasteiger partial charge < -0.3 is 5.11 Å².